The smallest absolute Gasteiger partial charge is 0.348 e. The van der Waals surface area contributed by atoms with E-state index in [9.17, 15) is 18.4 Å². The molecular weight excluding hydrogens is 478 g/mol. The number of hydrogen-bond donors (Lipinski definition) is 1. The first-order valence-electron chi connectivity index (χ1n) is 11.1. The zero-order valence-electron chi connectivity index (χ0n) is 19.9. The molecule has 1 aromatic carbocycles. The van der Waals surface area contributed by atoms with Crippen LogP contribution in [0.4, 0.5) is 20.3 Å². The summed E-state index contributed by atoms with van der Waals surface area (Å²) in [7, 11) is 1.33. The van der Waals surface area contributed by atoms with Gasteiger partial charge in [0.15, 0.2) is 0 Å². The van der Waals surface area contributed by atoms with Gasteiger partial charge < -0.3 is 19.7 Å². The lowest BCUT2D eigenvalue weighted by Crippen LogP contribution is -2.49. The highest BCUT2D eigenvalue weighted by molar-refractivity contribution is 7.20. The first-order chi connectivity index (χ1) is 16.6. The van der Waals surface area contributed by atoms with Gasteiger partial charge in [0.05, 0.1) is 24.7 Å². The predicted octanol–water partition coefficient (Wildman–Crippen LogP) is 4.86. The Morgan fingerprint density at radius 3 is 2.74 bits per heavy atom. The van der Waals surface area contributed by atoms with Gasteiger partial charge in [-0.25, -0.2) is 14.8 Å². The molecule has 2 aromatic heterocycles. The van der Waals surface area contributed by atoms with Crippen LogP contribution in [0, 0.1) is 13.8 Å². The fourth-order valence-electron chi connectivity index (χ4n) is 4.09. The number of carbonyl (C=O) groups excluding carboxylic acids is 2. The molecule has 1 fully saturated rings. The van der Waals surface area contributed by atoms with Gasteiger partial charge in [-0.2, -0.15) is 8.78 Å². The summed E-state index contributed by atoms with van der Waals surface area (Å²) >= 11 is 1.23. The van der Waals surface area contributed by atoms with E-state index < -0.39 is 23.9 Å². The average Bonchev–Trinajstić information content (AvgIpc) is 3.16. The van der Waals surface area contributed by atoms with Crippen LogP contribution in [0.2, 0.25) is 0 Å². The molecule has 1 saturated heterocycles. The number of fused-ring (bicyclic) bond motifs is 1. The highest BCUT2D eigenvalue weighted by Gasteiger charge is 2.39. The number of carbonyl (C=O) groups is 2. The lowest BCUT2D eigenvalue weighted by Gasteiger charge is -2.34. The molecule has 186 valence electrons. The van der Waals surface area contributed by atoms with Crippen molar-refractivity contribution in [1.29, 1.82) is 0 Å². The molecule has 1 N–H and O–H groups in total. The number of thiophene rings is 1. The zero-order chi connectivity index (χ0) is 25.3. The Bertz CT molecular complexity index is 1270. The Labute approximate surface area is 205 Å². The summed E-state index contributed by atoms with van der Waals surface area (Å²) in [5.74, 6) is -4.03. The number of amides is 1. The molecule has 0 radical (unpaired) electrons. The maximum Gasteiger partial charge on any atom is 0.348 e. The summed E-state index contributed by atoms with van der Waals surface area (Å²) in [4.78, 5) is 35.1. The number of piperidine rings is 1. The summed E-state index contributed by atoms with van der Waals surface area (Å²) < 4.78 is 38.2. The van der Waals surface area contributed by atoms with Crippen LogP contribution in [0.25, 0.3) is 10.2 Å². The molecule has 11 heteroatoms. The van der Waals surface area contributed by atoms with Gasteiger partial charge >= 0.3 is 11.9 Å². The van der Waals surface area contributed by atoms with Gasteiger partial charge in [0.2, 0.25) is 0 Å². The minimum absolute atomic E-state index is 0.0829. The second kappa shape index (κ2) is 9.73. The zero-order valence-corrected chi connectivity index (χ0v) is 20.7. The Hall–Kier alpha value is -3.34. The summed E-state index contributed by atoms with van der Waals surface area (Å²) in [5.41, 5.74) is 2.27. The number of ether oxygens (including phenoxy) is 2. The van der Waals surface area contributed by atoms with Gasteiger partial charge in [-0.3, -0.25) is 4.79 Å². The van der Waals surface area contributed by atoms with Crippen molar-refractivity contribution < 1.29 is 27.8 Å². The van der Waals surface area contributed by atoms with Crippen molar-refractivity contribution >= 4 is 44.9 Å². The molecule has 3 heterocycles. The number of alkyl halides is 2. The van der Waals surface area contributed by atoms with E-state index in [4.69, 9.17) is 9.47 Å². The fraction of sp³-hybridized carbons (Fsp3) is 0.417. The largest absolute Gasteiger partial charge is 0.486 e. The number of anilines is 2. The number of hydrogen-bond acceptors (Lipinski definition) is 8. The van der Waals surface area contributed by atoms with E-state index in [0.29, 0.717) is 57.7 Å². The quantitative estimate of drug-likeness (QED) is 0.479. The van der Waals surface area contributed by atoms with Gasteiger partial charge in [0.1, 0.15) is 33.7 Å². The average molecular weight is 505 g/mol. The first-order valence-corrected chi connectivity index (χ1v) is 11.9. The number of esters is 1. The summed E-state index contributed by atoms with van der Waals surface area (Å²) in [6.07, 6.45) is 2.18. The highest BCUT2D eigenvalue weighted by atomic mass is 32.1. The van der Waals surface area contributed by atoms with Crippen molar-refractivity contribution in [2.45, 2.75) is 45.6 Å². The van der Waals surface area contributed by atoms with Gasteiger partial charge in [-0.1, -0.05) is 6.07 Å². The van der Waals surface area contributed by atoms with Crippen LogP contribution in [0.1, 0.15) is 40.6 Å². The van der Waals surface area contributed by atoms with E-state index in [2.05, 4.69) is 15.3 Å². The molecule has 0 saturated carbocycles. The third-order valence-electron chi connectivity index (χ3n) is 5.82. The number of nitrogens with zero attached hydrogens (tertiary/aromatic N) is 3. The number of likely N-dealkylation sites (tertiary alicyclic amines) is 1. The van der Waals surface area contributed by atoms with Crippen molar-refractivity contribution in [2.75, 3.05) is 25.5 Å². The van der Waals surface area contributed by atoms with Crippen LogP contribution in [0.5, 0.6) is 5.75 Å². The normalized spacial score (nSPS) is 16.3. The second-order valence-corrected chi connectivity index (χ2v) is 9.60. The third-order valence-corrected chi connectivity index (χ3v) is 7.00. The lowest BCUT2D eigenvalue weighted by atomic mass is 10.1. The number of rotatable bonds is 6. The van der Waals surface area contributed by atoms with E-state index in [0.717, 1.165) is 10.5 Å². The molecule has 0 spiro atoms. The number of halogens is 2. The van der Waals surface area contributed by atoms with Crippen molar-refractivity contribution in [3.8, 4) is 5.75 Å². The van der Waals surface area contributed by atoms with E-state index >= 15 is 0 Å². The van der Waals surface area contributed by atoms with Gasteiger partial charge in [0, 0.05) is 13.5 Å². The molecule has 1 amide bonds. The van der Waals surface area contributed by atoms with Gasteiger partial charge in [0.25, 0.3) is 5.91 Å². The minimum Gasteiger partial charge on any atom is -0.486 e. The Morgan fingerprint density at radius 1 is 1.26 bits per heavy atom. The molecule has 4 rings (SSSR count). The molecule has 0 aliphatic carbocycles. The summed E-state index contributed by atoms with van der Waals surface area (Å²) in [5, 5.41) is 3.98. The SMILES string of the molecule is COC(=O)c1sc2ncnc(Nc3ccc(C)cc3O[C@H]3CCCN(C(=O)C(C)(F)F)C3)c2c1C. The van der Waals surface area contributed by atoms with Gasteiger partial charge in [-0.05, 0) is 49.9 Å². The molecule has 3 aromatic rings. The maximum atomic E-state index is 13.6. The topological polar surface area (TPSA) is 93.7 Å². The number of nitrogens with one attached hydrogen (secondary N) is 1. The van der Waals surface area contributed by atoms with Crippen LogP contribution in [0.3, 0.4) is 0 Å². The maximum absolute atomic E-state index is 13.6. The van der Waals surface area contributed by atoms with Crippen LogP contribution >= 0.6 is 11.3 Å². The number of benzene rings is 1. The number of methoxy groups -OCH3 is 1. The highest BCUT2D eigenvalue weighted by Crippen LogP contribution is 2.37. The minimum atomic E-state index is -3.42. The summed E-state index contributed by atoms with van der Waals surface area (Å²) in [6, 6.07) is 5.59. The molecule has 0 unspecified atom stereocenters. The fourth-order valence-corrected chi connectivity index (χ4v) is 5.15. The Balaban J connectivity index is 1.62. The van der Waals surface area contributed by atoms with Crippen molar-refractivity contribution in [3.63, 3.8) is 0 Å². The van der Waals surface area contributed by atoms with E-state index in [1.54, 1.807) is 0 Å². The van der Waals surface area contributed by atoms with Crippen molar-refractivity contribution in [3.05, 3.63) is 40.5 Å². The van der Waals surface area contributed by atoms with Crippen LogP contribution in [-0.4, -0.2) is 59.0 Å². The number of aryl methyl sites for hydroxylation is 2. The standard InChI is InChI=1S/C24H26F2N4O4S/c1-13-7-8-16(17(10-13)34-15-6-5-9-30(11-15)23(32)24(3,25)26)29-20-18-14(2)19(22(31)33-4)35-21(18)28-12-27-20/h7-8,10,12,15H,5-6,9,11H2,1-4H3,(H,27,28,29)/t15-/m0/s1. The lowest BCUT2D eigenvalue weighted by molar-refractivity contribution is -0.157. The van der Waals surface area contributed by atoms with E-state index in [1.165, 1.54) is 24.8 Å². The number of aromatic nitrogens is 2. The van der Waals surface area contributed by atoms with Crippen molar-refractivity contribution in [2.24, 2.45) is 0 Å². The van der Waals surface area contributed by atoms with E-state index in [1.807, 2.05) is 32.0 Å². The van der Waals surface area contributed by atoms with Crippen molar-refractivity contribution in [1.82, 2.24) is 14.9 Å². The molecular formula is C24H26F2N4O4S. The molecule has 1 aliphatic rings. The van der Waals surface area contributed by atoms with Gasteiger partial charge in [-0.15, -0.1) is 11.3 Å². The van der Waals surface area contributed by atoms with Crippen LogP contribution < -0.4 is 10.1 Å². The Morgan fingerprint density at radius 2 is 2.03 bits per heavy atom. The van der Waals surface area contributed by atoms with Crippen LogP contribution in [-0.2, 0) is 9.53 Å². The third kappa shape index (κ3) is 5.19. The molecule has 1 aliphatic heterocycles. The second-order valence-electron chi connectivity index (χ2n) is 8.60. The van der Waals surface area contributed by atoms with E-state index in [-0.39, 0.29) is 13.1 Å². The monoisotopic (exact) mass is 504 g/mol. The molecule has 0 bridgehead atoms. The Kier molecular flexibility index (Phi) is 6.88. The van der Waals surface area contributed by atoms with Crippen LogP contribution in [0.15, 0.2) is 24.5 Å². The summed E-state index contributed by atoms with van der Waals surface area (Å²) in [6.45, 7) is 4.70. The molecule has 1 atom stereocenters. The molecule has 35 heavy (non-hydrogen) atoms. The molecule has 8 nitrogen and oxygen atoms in total. The first kappa shape index (κ1) is 24.8. The predicted molar refractivity (Wildman–Crippen MR) is 129 cm³/mol.